The van der Waals surface area contributed by atoms with Gasteiger partial charge in [0.2, 0.25) is 11.6 Å². The van der Waals surface area contributed by atoms with Gasteiger partial charge < -0.3 is 24.6 Å². The summed E-state index contributed by atoms with van der Waals surface area (Å²) in [4.78, 5) is 37.9. The predicted octanol–water partition coefficient (Wildman–Crippen LogP) is 4.75. The van der Waals surface area contributed by atoms with Crippen LogP contribution in [-0.2, 0) is 9.36 Å². The van der Waals surface area contributed by atoms with Crippen molar-refractivity contribution in [2.24, 2.45) is 0 Å². The molecule has 0 aromatic rings. The molecule has 9 heteroatoms. The van der Waals surface area contributed by atoms with Crippen molar-refractivity contribution in [3.63, 3.8) is 0 Å². The average Bonchev–Trinajstić information content (AvgIpc) is 2.69. The van der Waals surface area contributed by atoms with Crippen LogP contribution in [0.25, 0.3) is 0 Å². The highest BCUT2D eigenvalue weighted by Gasteiger charge is 2.41. The third-order valence-electron chi connectivity index (χ3n) is 6.36. The first-order valence-corrected chi connectivity index (χ1v) is 14.8. The van der Waals surface area contributed by atoms with Crippen LogP contribution in [0.2, 0.25) is 0 Å². The van der Waals surface area contributed by atoms with E-state index in [2.05, 4.69) is 19.2 Å². The lowest BCUT2D eigenvalue weighted by Crippen LogP contribution is -2.65. The Morgan fingerprint density at radius 3 is 1.41 bits per heavy atom. The van der Waals surface area contributed by atoms with Gasteiger partial charge in [0.25, 0.3) is 0 Å². The van der Waals surface area contributed by atoms with E-state index in [0.29, 0.717) is 6.42 Å². The molecule has 1 atom stereocenters. The normalized spacial score (nSPS) is 13.7. The van der Waals surface area contributed by atoms with E-state index < -0.39 is 13.5 Å². The quantitative estimate of drug-likeness (QED) is 0.0798. The fourth-order valence-electron chi connectivity index (χ4n) is 3.98. The van der Waals surface area contributed by atoms with Gasteiger partial charge in [-0.2, -0.15) is 12.5 Å². The Morgan fingerprint density at radius 1 is 0.794 bits per heavy atom. The zero-order valence-electron chi connectivity index (χ0n) is 24.6. The van der Waals surface area contributed by atoms with Crippen LogP contribution in [0.5, 0.6) is 0 Å². The van der Waals surface area contributed by atoms with Crippen LogP contribution in [0.3, 0.4) is 0 Å². The predicted molar refractivity (Wildman–Crippen MR) is 135 cm³/mol. The van der Waals surface area contributed by atoms with Crippen LogP contribution >= 0.6 is 7.82 Å². The number of carbonyl (C=O) groups excluding carboxylic acids is 1. The molecule has 0 bridgehead atoms. The molecule has 0 rings (SSSR count). The van der Waals surface area contributed by atoms with Gasteiger partial charge in [-0.3, -0.25) is 4.79 Å². The summed E-state index contributed by atoms with van der Waals surface area (Å²) in [5.74, 6) is 0.0656. The van der Waals surface area contributed by atoms with E-state index in [4.69, 9.17) is 19.2 Å². The number of amides is 1. The Kier molecular flexibility index (Phi) is 21.7. The Balaban J connectivity index is -0.000000661. The fourth-order valence-corrected chi connectivity index (χ4v) is 3.98. The van der Waals surface area contributed by atoms with Crippen molar-refractivity contribution in [3.05, 3.63) is 0 Å². The van der Waals surface area contributed by atoms with Gasteiger partial charge in [-0.15, -0.1) is 0 Å². The van der Waals surface area contributed by atoms with Crippen LogP contribution in [0.4, 0.5) is 0 Å². The third kappa shape index (κ3) is 24.6. The largest absolute Gasteiger partial charge is 1.00 e. The maximum absolute atomic E-state index is 12.3. The molecule has 0 aliphatic carbocycles. The Morgan fingerprint density at radius 2 is 1.12 bits per heavy atom. The molecule has 0 spiro atoms. The van der Waals surface area contributed by atoms with Gasteiger partial charge in [0.05, 0.1) is 0 Å². The number of nitrogens with one attached hydrogen (secondary N) is 1. The van der Waals surface area contributed by atoms with Crippen molar-refractivity contribution >= 4 is 13.7 Å². The summed E-state index contributed by atoms with van der Waals surface area (Å²) in [7, 11) is -1.94. The molecule has 0 radical (unpaired) electrons. The summed E-state index contributed by atoms with van der Waals surface area (Å²) in [5.41, 5.74) is -0.610. The monoisotopic (exact) mass is 510 g/mol. The van der Waals surface area contributed by atoms with E-state index in [1.54, 1.807) is 14.1 Å². The Labute approximate surface area is 212 Å². The van der Waals surface area contributed by atoms with E-state index in [-0.39, 0.29) is 13.4 Å². The average molecular weight is 511 g/mol. The summed E-state index contributed by atoms with van der Waals surface area (Å²) >= 11 is 0. The van der Waals surface area contributed by atoms with Crippen molar-refractivity contribution in [1.82, 2.24) is 5.32 Å². The smallest absolute Gasteiger partial charge is 0.822 e. The molecule has 8 nitrogen and oxygen atoms in total. The van der Waals surface area contributed by atoms with Crippen molar-refractivity contribution in [2.45, 2.75) is 142 Å². The molecule has 1 amide bonds. The molecule has 0 aromatic carbocycles. The number of nitrogens with zero attached hydrogens (tertiary/aromatic N) is 1. The molecule has 0 saturated carbocycles. The summed E-state index contributed by atoms with van der Waals surface area (Å²) in [5, 5.41) is 13.4. The van der Waals surface area contributed by atoms with Crippen molar-refractivity contribution < 1.29 is 36.7 Å². The summed E-state index contributed by atoms with van der Waals surface area (Å²) in [6, 6.07) is 0. The van der Waals surface area contributed by atoms with E-state index in [1.807, 2.05) is 6.92 Å². The van der Waals surface area contributed by atoms with E-state index >= 15 is 0 Å². The number of carbonyl (C=O) groups is 1. The molecule has 0 fully saturated rings. The van der Waals surface area contributed by atoms with Gasteiger partial charge in [-0.1, -0.05) is 104 Å². The number of unbranched alkanes of at least 4 members (excludes halogenated alkanes) is 14. The highest BCUT2D eigenvalue weighted by atomic mass is 31.2. The molecule has 0 heterocycles. The first-order valence-electron chi connectivity index (χ1n) is 13.4. The molecule has 0 aromatic heterocycles. The maximum atomic E-state index is 12.3. The first-order chi connectivity index (χ1) is 15.8. The van der Waals surface area contributed by atoms with Gasteiger partial charge >= 0.3 is 2.85 Å². The maximum Gasteiger partial charge on any atom is 1.00 e. The van der Waals surface area contributed by atoms with Gasteiger partial charge in [0, 0.05) is 19.8 Å². The standard InChI is InChI=1S/C25H52N2O2.H3O4P/c1-6-8-9-10-11-12-13-14-15-16-17-18-19-20-21-22-24(28)26-25(3,23-7-2)27(4,5)29;1-5(2,3)4/h29H,6-23H2,1-5H3;(H3,1,2,3,4). The van der Waals surface area contributed by atoms with Gasteiger partial charge in [0.15, 0.2) is 0 Å². The number of quaternary nitrogens is 1. The molecule has 34 heavy (non-hydrogen) atoms. The van der Waals surface area contributed by atoms with E-state index in [1.165, 1.54) is 83.5 Å². The van der Waals surface area contributed by atoms with Crippen molar-refractivity contribution in [3.8, 4) is 0 Å². The summed E-state index contributed by atoms with van der Waals surface area (Å²) < 4.78 is 8.32. The second-order valence-electron chi connectivity index (χ2n) is 10.1. The third-order valence-corrected chi connectivity index (χ3v) is 6.36. The van der Waals surface area contributed by atoms with Crippen LogP contribution < -0.4 is 20.0 Å². The van der Waals surface area contributed by atoms with Crippen molar-refractivity contribution in [2.75, 3.05) is 14.1 Å². The SMILES string of the molecule is CCCCCCCCCCCCCCCCCC(=O)NC(C)(CCC)[N+](C)(C)O.O=P([O-])([O-])[O-].[H+].[H+]. The zero-order valence-corrected chi connectivity index (χ0v) is 23.5. The number of hydrogen-bond acceptors (Lipinski definition) is 6. The highest BCUT2D eigenvalue weighted by molar-refractivity contribution is 7.40. The molecule has 0 aliphatic heterocycles. The summed E-state index contributed by atoms with van der Waals surface area (Å²) in [6.45, 7) is 6.29. The fraction of sp³-hybridized carbons (Fsp3) is 0.960. The second kappa shape index (κ2) is 20.7. The van der Waals surface area contributed by atoms with Crippen LogP contribution in [0.15, 0.2) is 0 Å². The first kappa shape index (κ1) is 35.7. The molecule has 0 aliphatic rings. The van der Waals surface area contributed by atoms with E-state index in [9.17, 15) is 10.0 Å². The molecule has 0 saturated heterocycles. The van der Waals surface area contributed by atoms with Crippen LogP contribution in [0.1, 0.15) is 139 Å². The van der Waals surface area contributed by atoms with Crippen molar-refractivity contribution in [1.29, 1.82) is 0 Å². The lowest BCUT2D eigenvalue weighted by molar-refractivity contribution is -1.11. The second-order valence-corrected chi connectivity index (χ2v) is 11.0. The molecule has 2 N–H and O–H groups in total. The molecule has 1 unspecified atom stereocenters. The minimum absolute atomic E-state index is 0. The van der Waals surface area contributed by atoms with E-state index in [0.717, 1.165) is 25.7 Å². The summed E-state index contributed by atoms with van der Waals surface area (Å²) in [6.07, 6.45) is 22.3. The molecular formula is C25H55N2O6P. The van der Waals surface area contributed by atoms with Gasteiger partial charge in [-0.05, 0) is 12.8 Å². The lowest BCUT2D eigenvalue weighted by atomic mass is 10.0. The minimum atomic E-state index is -5.39. The highest BCUT2D eigenvalue weighted by Crippen LogP contribution is 2.21. The number of hydroxylamine groups is 3. The topological polar surface area (TPSA) is 136 Å². The zero-order chi connectivity index (χ0) is 26.5. The number of phosphoric acid groups is 1. The number of rotatable bonds is 20. The molecular weight excluding hydrogens is 455 g/mol. The van der Waals surface area contributed by atoms with Crippen LogP contribution in [-0.4, -0.2) is 35.5 Å². The lowest BCUT2D eigenvalue weighted by Gasteiger charge is -2.40. The molecule has 206 valence electrons. The van der Waals surface area contributed by atoms with Gasteiger partial charge in [-0.25, -0.2) is 5.21 Å². The van der Waals surface area contributed by atoms with Gasteiger partial charge in [0.1, 0.15) is 14.1 Å². The van der Waals surface area contributed by atoms with Crippen LogP contribution in [0, 0.1) is 0 Å². The minimum Gasteiger partial charge on any atom is -0.822 e. The Bertz CT molecular complexity index is 539. The Hall–Kier alpha value is -0.500. The number of hydrogen-bond donors (Lipinski definition) is 2.